The van der Waals surface area contributed by atoms with Crippen LogP contribution in [0.4, 0.5) is 4.79 Å². The van der Waals surface area contributed by atoms with Gasteiger partial charge in [0.15, 0.2) is 11.5 Å². The van der Waals surface area contributed by atoms with Gasteiger partial charge in [0.05, 0.1) is 24.7 Å². The maximum atomic E-state index is 12.6. The molecule has 0 bridgehead atoms. The fraction of sp³-hybridized carbons (Fsp3) is 0.421. The van der Waals surface area contributed by atoms with E-state index in [2.05, 4.69) is 0 Å². The van der Waals surface area contributed by atoms with Crippen LogP contribution in [0.2, 0.25) is 0 Å². The molecule has 1 heterocycles. The van der Waals surface area contributed by atoms with Gasteiger partial charge in [0.2, 0.25) is 0 Å². The predicted molar refractivity (Wildman–Crippen MR) is 103 cm³/mol. The Morgan fingerprint density at radius 1 is 1.11 bits per heavy atom. The van der Waals surface area contributed by atoms with Crippen molar-refractivity contribution in [1.82, 2.24) is 4.90 Å². The Bertz CT molecular complexity index is 761. The van der Waals surface area contributed by atoms with E-state index in [1.807, 2.05) is 13.8 Å². The van der Waals surface area contributed by atoms with Crippen molar-refractivity contribution in [2.45, 2.75) is 33.7 Å². The van der Waals surface area contributed by atoms with Gasteiger partial charge < -0.3 is 14.2 Å². The van der Waals surface area contributed by atoms with Gasteiger partial charge in [0.1, 0.15) is 6.04 Å². The highest BCUT2D eigenvalue weighted by molar-refractivity contribution is 8.18. The van der Waals surface area contributed by atoms with Crippen molar-refractivity contribution < 1.29 is 28.6 Å². The highest BCUT2D eigenvalue weighted by Gasteiger charge is 2.41. The van der Waals surface area contributed by atoms with Crippen molar-refractivity contribution in [2.75, 3.05) is 19.8 Å². The van der Waals surface area contributed by atoms with Gasteiger partial charge in [-0.15, -0.1) is 0 Å². The zero-order chi connectivity index (χ0) is 20.0. The Hall–Kier alpha value is -2.48. The first kappa shape index (κ1) is 20.8. The highest BCUT2D eigenvalue weighted by atomic mass is 32.2. The molecule has 8 heteroatoms. The molecule has 0 N–H and O–H groups in total. The van der Waals surface area contributed by atoms with E-state index in [0.29, 0.717) is 30.3 Å². The van der Waals surface area contributed by atoms with Crippen LogP contribution in [0.25, 0.3) is 6.08 Å². The second-order valence-electron chi connectivity index (χ2n) is 5.55. The number of nitrogens with zero attached hydrogens (tertiary/aromatic N) is 1. The van der Waals surface area contributed by atoms with Gasteiger partial charge in [0.25, 0.3) is 11.1 Å². The summed E-state index contributed by atoms with van der Waals surface area (Å²) in [7, 11) is 0. The smallest absolute Gasteiger partial charge is 0.329 e. The summed E-state index contributed by atoms with van der Waals surface area (Å²) in [4.78, 5) is 37.9. The normalized spacial score (nSPS) is 16.6. The fourth-order valence-corrected chi connectivity index (χ4v) is 3.40. The molecule has 0 aromatic heterocycles. The van der Waals surface area contributed by atoms with Crippen LogP contribution in [0.3, 0.4) is 0 Å². The van der Waals surface area contributed by atoms with Crippen molar-refractivity contribution in [1.29, 1.82) is 0 Å². The molecule has 1 aliphatic heterocycles. The monoisotopic (exact) mass is 393 g/mol. The minimum absolute atomic E-state index is 0.182. The van der Waals surface area contributed by atoms with Crippen LogP contribution in [-0.2, 0) is 14.3 Å². The summed E-state index contributed by atoms with van der Waals surface area (Å²) in [5.74, 6) is 0.0471. The third-order valence-electron chi connectivity index (χ3n) is 3.70. The SMILES string of the molecule is CCOC(=O)[C@H](C)N1C(=O)S/C(=C/c2ccc(OCC)c(OCC)c2)C1=O. The number of hydrogen-bond donors (Lipinski definition) is 0. The Labute approximate surface area is 162 Å². The van der Waals surface area contributed by atoms with Crippen LogP contribution < -0.4 is 9.47 Å². The maximum absolute atomic E-state index is 12.6. The first-order valence-corrected chi connectivity index (χ1v) is 9.57. The van der Waals surface area contributed by atoms with Crippen LogP contribution in [0.1, 0.15) is 33.3 Å². The summed E-state index contributed by atoms with van der Waals surface area (Å²) in [5.41, 5.74) is 0.691. The number of imide groups is 1. The number of hydrogen-bond acceptors (Lipinski definition) is 7. The average molecular weight is 393 g/mol. The molecule has 7 nitrogen and oxygen atoms in total. The molecule has 146 valence electrons. The molecule has 0 radical (unpaired) electrons. The molecule has 2 amide bonds. The lowest BCUT2D eigenvalue weighted by molar-refractivity contribution is -0.150. The molecule has 0 aliphatic carbocycles. The number of benzene rings is 1. The van der Waals surface area contributed by atoms with E-state index < -0.39 is 23.2 Å². The highest BCUT2D eigenvalue weighted by Crippen LogP contribution is 2.35. The predicted octanol–water partition coefficient (Wildman–Crippen LogP) is 3.47. The van der Waals surface area contributed by atoms with E-state index in [-0.39, 0.29) is 11.5 Å². The van der Waals surface area contributed by atoms with Crippen molar-refractivity contribution in [3.05, 3.63) is 28.7 Å². The Balaban J connectivity index is 2.27. The van der Waals surface area contributed by atoms with Crippen LogP contribution in [0.15, 0.2) is 23.1 Å². The molecule has 27 heavy (non-hydrogen) atoms. The number of ether oxygens (including phenoxy) is 3. The molecule has 1 saturated heterocycles. The number of esters is 1. The van der Waals surface area contributed by atoms with Crippen LogP contribution in [-0.4, -0.2) is 47.9 Å². The number of carbonyl (C=O) groups is 3. The Kier molecular flexibility index (Phi) is 7.29. The number of carbonyl (C=O) groups excluding carboxylic acids is 3. The Morgan fingerprint density at radius 2 is 1.78 bits per heavy atom. The first-order chi connectivity index (χ1) is 12.9. The number of amides is 2. The van der Waals surface area contributed by atoms with Gasteiger partial charge in [-0.3, -0.25) is 14.5 Å². The zero-order valence-electron chi connectivity index (χ0n) is 15.8. The lowest BCUT2D eigenvalue weighted by Crippen LogP contribution is -2.42. The minimum atomic E-state index is -0.970. The van der Waals surface area contributed by atoms with Gasteiger partial charge >= 0.3 is 5.97 Å². The van der Waals surface area contributed by atoms with Crippen LogP contribution >= 0.6 is 11.8 Å². The van der Waals surface area contributed by atoms with Gasteiger partial charge in [-0.25, -0.2) is 4.79 Å². The van der Waals surface area contributed by atoms with Crippen LogP contribution in [0, 0.1) is 0 Å². The molecule has 0 unspecified atom stereocenters. The van der Waals surface area contributed by atoms with E-state index in [4.69, 9.17) is 14.2 Å². The standard InChI is InChI=1S/C19H23NO6S/c1-5-24-14-9-8-13(10-15(14)25-6-2)11-16-17(21)20(19(23)27-16)12(4)18(22)26-7-3/h8-12H,5-7H2,1-4H3/b16-11+/t12-/m0/s1. The van der Waals surface area contributed by atoms with Gasteiger partial charge in [-0.1, -0.05) is 6.07 Å². The van der Waals surface area contributed by atoms with Gasteiger partial charge in [-0.2, -0.15) is 0 Å². The second kappa shape index (κ2) is 9.45. The van der Waals surface area contributed by atoms with E-state index in [1.165, 1.54) is 6.92 Å². The molecular weight excluding hydrogens is 370 g/mol. The summed E-state index contributed by atoms with van der Waals surface area (Å²) < 4.78 is 16.0. The lowest BCUT2D eigenvalue weighted by atomic mass is 10.1. The molecule has 1 fully saturated rings. The molecule has 0 saturated carbocycles. The van der Waals surface area contributed by atoms with E-state index >= 15 is 0 Å². The molecule has 0 spiro atoms. The lowest BCUT2D eigenvalue weighted by Gasteiger charge is -2.19. The maximum Gasteiger partial charge on any atom is 0.329 e. The molecule has 1 aliphatic rings. The first-order valence-electron chi connectivity index (χ1n) is 8.76. The van der Waals surface area contributed by atoms with Crippen LogP contribution in [0.5, 0.6) is 11.5 Å². The second-order valence-corrected chi connectivity index (χ2v) is 6.55. The molecule has 1 aromatic carbocycles. The van der Waals surface area contributed by atoms with E-state index in [1.54, 1.807) is 31.2 Å². The molecule has 1 atom stereocenters. The molecule has 2 rings (SSSR count). The van der Waals surface area contributed by atoms with Gasteiger partial charge in [-0.05, 0) is 63.2 Å². The van der Waals surface area contributed by atoms with E-state index in [0.717, 1.165) is 16.7 Å². The van der Waals surface area contributed by atoms with Crippen molar-refractivity contribution in [2.24, 2.45) is 0 Å². The zero-order valence-corrected chi connectivity index (χ0v) is 16.6. The molecular formula is C19H23NO6S. The number of thioether (sulfide) groups is 1. The summed E-state index contributed by atoms with van der Waals surface area (Å²) in [5, 5.41) is -0.497. The largest absolute Gasteiger partial charge is 0.490 e. The fourth-order valence-electron chi connectivity index (χ4n) is 2.49. The van der Waals surface area contributed by atoms with Crippen molar-refractivity contribution >= 4 is 35.0 Å². The summed E-state index contributed by atoms with van der Waals surface area (Å²) in [6, 6.07) is 4.31. The third kappa shape index (κ3) is 4.82. The van der Waals surface area contributed by atoms with Crippen molar-refractivity contribution in [3.8, 4) is 11.5 Å². The van der Waals surface area contributed by atoms with E-state index in [9.17, 15) is 14.4 Å². The average Bonchev–Trinajstić information content (AvgIpc) is 2.90. The van der Waals surface area contributed by atoms with Crippen molar-refractivity contribution in [3.63, 3.8) is 0 Å². The minimum Gasteiger partial charge on any atom is -0.490 e. The topological polar surface area (TPSA) is 82.1 Å². The van der Waals surface area contributed by atoms with Gasteiger partial charge in [0, 0.05) is 0 Å². The molecule has 1 aromatic rings. The summed E-state index contributed by atoms with van der Waals surface area (Å²) in [6.07, 6.45) is 1.60. The Morgan fingerprint density at radius 3 is 2.41 bits per heavy atom. The quantitative estimate of drug-likeness (QED) is 0.494. The summed E-state index contributed by atoms with van der Waals surface area (Å²) >= 11 is 0.793. The third-order valence-corrected chi connectivity index (χ3v) is 4.59. The number of rotatable bonds is 8. The summed E-state index contributed by atoms with van der Waals surface area (Å²) in [6.45, 7) is 8.04.